The van der Waals surface area contributed by atoms with E-state index in [1.165, 1.54) is 0 Å². The van der Waals surface area contributed by atoms with Crippen LogP contribution in [-0.2, 0) is 14.3 Å². The van der Waals surface area contributed by atoms with Crippen LogP contribution in [0.5, 0.6) is 0 Å². The molecule has 26 heavy (non-hydrogen) atoms. The predicted octanol–water partition coefficient (Wildman–Crippen LogP) is 4.20. The molecule has 2 unspecified atom stereocenters. The number of nitrogens with zero attached hydrogens (tertiary/aromatic N) is 1. The van der Waals surface area contributed by atoms with Gasteiger partial charge in [0.25, 0.3) is 0 Å². The maximum atomic E-state index is 12.6. The largest absolute Gasteiger partial charge is 0.466 e. The van der Waals surface area contributed by atoms with Crippen LogP contribution >= 0.6 is 0 Å². The normalized spacial score (nSPS) is 18.8. The summed E-state index contributed by atoms with van der Waals surface area (Å²) in [5.74, 6) is -0.431. The Labute approximate surface area is 153 Å². The first-order valence-electron chi connectivity index (χ1n) is 9.24. The monoisotopic (exact) mass is 355 g/mol. The lowest BCUT2D eigenvalue weighted by Crippen LogP contribution is -2.11. The van der Waals surface area contributed by atoms with Crippen LogP contribution < -0.4 is 0 Å². The molecule has 1 aromatic carbocycles. The van der Waals surface area contributed by atoms with Gasteiger partial charge in [0.2, 0.25) is 0 Å². The SMILES string of the molecule is CCOC(=O)c1cc2c(C(C)C)ccnc2cc1C1CC1C(=O)OCC. The van der Waals surface area contributed by atoms with E-state index in [1.807, 2.05) is 18.2 Å². The summed E-state index contributed by atoms with van der Waals surface area (Å²) in [6, 6.07) is 5.81. The summed E-state index contributed by atoms with van der Waals surface area (Å²) in [6.07, 6.45) is 2.49. The molecular formula is C21H25NO4. The molecule has 0 spiro atoms. The fourth-order valence-electron chi connectivity index (χ4n) is 3.47. The van der Waals surface area contributed by atoms with Gasteiger partial charge in [-0.1, -0.05) is 13.8 Å². The standard InChI is InChI=1S/C21H25NO4/c1-5-25-20(23)17-9-14(17)15-11-19-16(10-18(15)21(24)26-6-2)13(12(3)4)7-8-22-19/h7-8,10-12,14,17H,5-6,9H2,1-4H3. The number of ether oxygens (including phenoxy) is 2. The van der Waals surface area contributed by atoms with Crippen LogP contribution in [0.2, 0.25) is 0 Å². The van der Waals surface area contributed by atoms with Gasteiger partial charge in [-0.25, -0.2) is 4.79 Å². The zero-order valence-electron chi connectivity index (χ0n) is 15.7. The minimum atomic E-state index is -0.350. The maximum absolute atomic E-state index is 12.6. The fraction of sp³-hybridized carbons (Fsp3) is 0.476. The summed E-state index contributed by atoms with van der Waals surface area (Å²) in [6.45, 7) is 8.50. The number of aromatic nitrogens is 1. The zero-order chi connectivity index (χ0) is 18.8. The smallest absolute Gasteiger partial charge is 0.338 e. The average Bonchev–Trinajstić information content (AvgIpc) is 3.41. The quantitative estimate of drug-likeness (QED) is 0.727. The van der Waals surface area contributed by atoms with Crippen molar-refractivity contribution in [3.63, 3.8) is 0 Å². The summed E-state index contributed by atoms with van der Waals surface area (Å²) in [5, 5.41) is 0.961. The van der Waals surface area contributed by atoms with Gasteiger partial charge >= 0.3 is 11.9 Å². The number of fused-ring (bicyclic) bond motifs is 1. The van der Waals surface area contributed by atoms with Gasteiger partial charge in [0, 0.05) is 11.6 Å². The van der Waals surface area contributed by atoms with E-state index < -0.39 is 0 Å². The number of hydrogen-bond acceptors (Lipinski definition) is 5. The van der Waals surface area contributed by atoms with Crippen molar-refractivity contribution in [1.29, 1.82) is 0 Å². The zero-order valence-corrected chi connectivity index (χ0v) is 15.7. The summed E-state index contributed by atoms with van der Waals surface area (Å²) < 4.78 is 10.4. The Balaban J connectivity index is 2.08. The van der Waals surface area contributed by atoms with Gasteiger partial charge in [-0.05, 0) is 61.4 Å². The van der Waals surface area contributed by atoms with Gasteiger partial charge in [-0.2, -0.15) is 0 Å². The van der Waals surface area contributed by atoms with Crippen LogP contribution in [0.25, 0.3) is 10.9 Å². The topological polar surface area (TPSA) is 65.5 Å². The van der Waals surface area contributed by atoms with Crippen molar-refractivity contribution in [2.45, 2.75) is 46.0 Å². The Kier molecular flexibility index (Phi) is 5.25. The van der Waals surface area contributed by atoms with E-state index in [0.29, 0.717) is 31.1 Å². The minimum Gasteiger partial charge on any atom is -0.466 e. The average molecular weight is 355 g/mol. The Morgan fingerprint density at radius 2 is 1.92 bits per heavy atom. The van der Waals surface area contributed by atoms with E-state index in [-0.39, 0.29) is 23.8 Å². The fourth-order valence-corrected chi connectivity index (χ4v) is 3.47. The maximum Gasteiger partial charge on any atom is 0.338 e. The molecule has 5 nitrogen and oxygen atoms in total. The molecule has 1 saturated carbocycles. The number of pyridine rings is 1. The third-order valence-corrected chi connectivity index (χ3v) is 4.84. The molecule has 0 aliphatic heterocycles. The second-order valence-corrected chi connectivity index (χ2v) is 6.93. The second kappa shape index (κ2) is 7.44. The van der Waals surface area contributed by atoms with E-state index in [9.17, 15) is 9.59 Å². The van der Waals surface area contributed by atoms with Crippen molar-refractivity contribution in [2.75, 3.05) is 13.2 Å². The molecule has 3 rings (SSSR count). The molecule has 0 amide bonds. The molecule has 138 valence electrons. The molecule has 0 radical (unpaired) electrons. The van der Waals surface area contributed by atoms with Crippen LogP contribution in [-0.4, -0.2) is 30.1 Å². The molecule has 1 fully saturated rings. The minimum absolute atomic E-state index is 0.0117. The number of esters is 2. The summed E-state index contributed by atoms with van der Waals surface area (Å²) in [5.41, 5.74) is 3.35. The van der Waals surface area contributed by atoms with Crippen molar-refractivity contribution in [1.82, 2.24) is 4.98 Å². The Morgan fingerprint density at radius 1 is 1.19 bits per heavy atom. The lowest BCUT2D eigenvalue weighted by molar-refractivity contribution is -0.144. The molecule has 1 aliphatic rings. The molecule has 0 saturated heterocycles. The predicted molar refractivity (Wildman–Crippen MR) is 99.3 cm³/mol. The van der Waals surface area contributed by atoms with Crippen molar-refractivity contribution in [3.05, 3.63) is 41.1 Å². The van der Waals surface area contributed by atoms with Gasteiger partial charge < -0.3 is 9.47 Å². The molecule has 1 heterocycles. The first kappa shape index (κ1) is 18.4. The number of carbonyl (C=O) groups is 2. The molecule has 0 N–H and O–H groups in total. The highest BCUT2D eigenvalue weighted by atomic mass is 16.5. The van der Waals surface area contributed by atoms with Gasteiger partial charge in [0.15, 0.2) is 0 Å². The second-order valence-electron chi connectivity index (χ2n) is 6.93. The Bertz CT molecular complexity index is 843. The van der Waals surface area contributed by atoms with Crippen molar-refractivity contribution in [2.24, 2.45) is 5.92 Å². The summed E-state index contributed by atoms with van der Waals surface area (Å²) in [7, 11) is 0. The van der Waals surface area contributed by atoms with Crippen LogP contribution in [0.3, 0.4) is 0 Å². The Hall–Kier alpha value is -2.43. The summed E-state index contributed by atoms with van der Waals surface area (Å²) >= 11 is 0. The van der Waals surface area contributed by atoms with E-state index in [2.05, 4.69) is 18.8 Å². The highest BCUT2D eigenvalue weighted by molar-refractivity contribution is 5.98. The van der Waals surface area contributed by atoms with E-state index >= 15 is 0 Å². The molecule has 1 aromatic heterocycles. The molecule has 1 aliphatic carbocycles. The molecular weight excluding hydrogens is 330 g/mol. The third-order valence-electron chi connectivity index (χ3n) is 4.84. The lowest BCUT2D eigenvalue weighted by atomic mass is 9.93. The molecule has 2 atom stereocenters. The summed E-state index contributed by atoms with van der Waals surface area (Å²) in [4.78, 5) is 29.1. The highest BCUT2D eigenvalue weighted by Gasteiger charge is 2.47. The van der Waals surface area contributed by atoms with E-state index in [4.69, 9.17) is 9.47 Å². The van der Waals surface area contributed by atoms with Crippen molar-refractivity contribution < 1.29 is 19.1 Å². The van der Waals surface area contributed by atoms with E-state index in [0.717, 1.165) is 22.0 Å². The van der Waals surface area contributed by atoms with Crippen molar-refractivity contribution in [3.8, 4) is 0 Å². The van der Waals surface area contributed by atoms with Crippen LogP contribution in [0.15, 0.2) is 24.4 Å². The molecule has 2 aromatic rings. The van der Waals surface area contributed by atoms with Gasteiger partial charge in [-0.15, -0.1) is 0 Å². The van der Waals surface area contributed by atoms with Crippen molar-refractivity contribution >= 4 is 22.8 Å². The molecule has 5 heteroatoms. The van der Waals surface area contributed by atoms with E-state index in [1.54, 1.807) is 20.0 Å². The first-order chi connectivity index (χ1) is 12.5. The molecule has 0 bridgehead atoms. The van der Waals surface area contributed by atoms with Gasteiger partial charge in [-0.3, -0.25) is 9.78 Å². The number of rotatable bonds is 6. The van der Waals surface area contributed by atoms with Crippen LogP contribution in [0, 0.1) is 5.92 Å². The third kappa shape index (κ3) is 3.43. The number of carbonyl (C=O) groups excluding carboxylic acids is 2. The number of hydrogen-bond donors (Lipinski definition) is 0. The highest BCUT2D eigenvalue weighted by Crippen LogP contribution is 2.50. The van der Waals surface area contributed by atoms with Gasteiger partial charge in [0.1, 0.15) is 0 Å². The van der Waals surface area contributed by atoms with Crippen LogP contribution in [0.4, 0.5) is 0 Å². The first-order valence-corrected chi connectivity index (χ1v) is 9.24. The lowest BCUT2D eigenvalue weighted by Gasteiger charge is -2.14. The Morgan fingerprint density at radius 3 is 2.58 bits per heavy atom. The number of benzene rings is 1. The van der Waals surface area contributed by atoms with Gasteiger partial charge in [0.05, 0.1) is 30.2 Å². The van der Waals surface area contributed by atoms with Crippen LogP contribution in [0.1, 0.15) is 67.4 Å².